The molecule has 2 bridgehead atoms. The molecule has 0 aromatic carbocycles. The fraction of sp³-hybridized carbons (Fsp3) is 1.00. The highest BCUT2D eigenvalue weighted by atomic mass is 16.5. The van der Waals surface area contributed by atoms with E-state index in [9.17, 15) is 5.11 Å². The van der Waals surface area contributed by atoms with Gasteiger partial charge in [-0.15, -0.1) is 0 Å². The van der Waals surface area contributed by atoms with Gasteiger partial charge in [0.15, 0.2) is 0 Å². The number of hydrogen-bond acceptors (Lipinski definition) is 2. The van der Waals surface area contributed by atoms with Gasteiger partial charge in [0.1, 0.15) is 0 Å². The zero-order valence-electron chi connectivity index (χ0n) is 10.6. The highest BCUT2D eigenvalue weighted by Crippen LogP contribution is 2.64. The van der Waals surface area contributed by atoms with E-state index in [4.69, 9.17) is 4.74 Å². The predicted octanol–water partition coefficient (Wildman–Crippen LogP) is 2.60. The third kappa shape index (κ3) is 1.40. The summed E-state index contributed by atoms with van der Waals surface area (Å²) in [6.45, 7) is 1.73. The predicted molar refractivity (Wildman–Crippen MR) is 65.5 cm³/mol. The number of rotatable bonds is 1. The first-order chi connectivity index (χ1) is 8.29. The Bertz CT molecular complexity index is 310. The molecule has 0 radical (unpaired) electrons. The number of aliphatic hydroxyl groups is 1. The van der Waals surface area contributed by atoms with Gasteiger partial charge in [-0.05, 0) is 62.2 Å². The third-order valence-corrected chi connectivity index (χ3v) is 6.40. The molecule has 4 fully saturated rings. The topological polar surface area (TPSA) is 29.5 Å². The first kappa shape index (κ1) is 10.8. The zero-order valence-corrected chi connectivity index (χ0v) is 10.6. The molecular formula is C15H24O2. The molecule has 4 aliphatic rings. The van der Waals surface area contributed by atoms with Crippen LogP contribution in [-0.2, 0) is 4.74 Å². The Morgan fingerprint density at radius 1 is 1.06 bits per heavy atom. The summed E-state index contributed by atoms with van der Waals surface area (Å²) >= 11 is 0. The number of ether oxygens (including phenoxy) is 1. The quantitative estimate of drug-likeness (QED) is 0.758. The highest BCUT2D eigenvalue weighted by Gasteiger charge is 2.62. The smallest absolute Gasteiger partial charge is 0.0731 e. The van der Waals surface area contributed by atoms with Crippen molar-refractivity contribution in [1.29, 1.82) is 0 Å². The monoisotopic (exact) mass is 236 g/mol. The largest absolute Gasteiger partial charge is 0.389 e. The average molecular weight is 236 g/mol. The van der Waals surface area contributed by atoms with E-state index >= 15 is 0 Å². The fourth-order valence-electron chi connectivity index (χ4n) is 5.76. The van der Waals surface area contributed by atoms with E-state index in [-0.39, 0.29) is 5.60 Å². The summed E-state index contributed by atoms with van der Waals surface area (Å²) in [6.07, 6.45) is 9.01. The van der Waals surface area contributed by atoms with Crippen molar-refractivity contribution in [3.63, 3.8) is 0 Å². The lowest BCUT2D eigenvalue weighted by atomic mass is 9.66. The van der Waals surface area contributed by atoms with Crippen molar-refractivity contribution in [1.82, 2.24) is 0 Å². The van der Waals surface area contributed by atoms with Crippen LogP contribution < -0.4 is 0 Å². The molecule has 6 atom stereocenters. The normalized spacial score (nSPS) is 57.4. The van der Waals surface area contributed by atoms with Crippen LogP contribution in [0.2, 0.25) is 0 Å². The maximum atomic E-state index is 11.2. The summed E-state index contributed by atoms with van der Waals surface area (Å²) < 4.78 is 5.62. The molecular weight excluding hydrogens is 212 g/mol. The van der Waals surface area contributed by atoms with Crippen LogP contribution in [0, 0.1) is 29.6 Å². The second-order valence-corrected chi connectivity index (χ2v) is 6.97. The number of fused-ring (bicyclic) bond motifs is 5. The van der Waals surface area contributed by atoms with Gasteiger partial charge in [0.2, 0.25) is 0 Å². The molecule has 1 heterocycles. The van der Waals surface area contributed by atoms with Gasteiger partial charge >= 0.3 is 0 Å². The van der Waals surface area contributed by atoms with Crippen LogP contribution in [0.1, 0.15) is 44.9 Å². The molecule has 1 N–H and O–H groups in total. The van der Waals surface area contributed by atoms with Gasteiger partial charge in [0.25, 0.3) is 0 Å². The summed E-state index contributed by atoms with van der Waals surface area (Å²) in [7, 11) is 0. The van der Waals surface area contributed by atoms with E-state index in [1.165, 1.54) is 32.1 Å². The summed E-state index contributed by atoms with van der Waals surface area (Å²) in [5.41, 5.74) is -0.351. The van der Waals surface area contributed by atoms with Crippen LogP contribution in [0.5, 0.6) is 0 Å². The lowest BCUT2D eigenvalue weighted by Gasteiger charge is -2.45. The van der Waals surface area contributed by atoms with Crippen molar-refractivity contribution in [2.45, 2.75) is 50.5 Å². The summed E-state index contributed by atoms with van der Waals surface area (Å²) in [4.78, 5) is 0. The van der Waals surface area contributed by atoms with Crippen LogP contribution in [0.3, 0.4) is 0 Å². The Labute approximate surface area is 104 Å². The fourth-order valence-corrected chi connectivity index (χ4v) is 5.76. The van der Waals surface area contributed by atoms with Gasteiger partial charge in [-0.3, -0.25) is 0 Å². The van der Waals surface area contributed by atoms with Gasteiger partial charge in [-0.25, -0.2) is 0 Å². The maximum Gasteiger partial charge on any atom is 0.0731 e. The van der Waals surface area contributed by atoms with Gasteiger partial charge in [0, 0.05) is 12.5 Å². The van der Waals surface area contributed by atoms with Crippen LogP contribution in [0.15, 0.2) is 0 Å². The molecule has 96 valence electrons. The van der Waals surface area contributed by atoms with Gasteiger partial charge < -0.3 is 9.84 Å². The molecule has 1 saturated heterocycles. The van der Waals surface area contributed by atoms with Crippen molar-refractivity contribution in [2.24, 2.45) is 29.6 Å². The Hall–Kier alpha value is -0.0800. The van der Waals surface area contributed by atoms with E-state index in [2.05, 4.69) is 0 Å². The SMILES string of the molecule is OC1(C2CCCOC2)CC2CC1C1CCCC21. The molecule has 0 aromatic rings. The van der Waals surface area contributed by atoms with Crippen molar-refractivity contribution < 1.29 is 9.84 Å². The summed E-state index contributed by atoms with van der Waals surface area (Å²) in [5, 5.41) is 11.2. The van der Waals surface area contributed by atoms with Gasteiger partial charge in [0.05, 0.1) is 12.2 Å². The molecule has 2 heteroatoms. The molecule has 4 rings (SSSR count). The van der Waals surface area contributed by atoms with E-state index in [1.807, 2.05) is 0 Å². The van der Waals surface area contributed by atoms with Crippen LogP contribution in [0.25, 0.3) is 0 Å². The average Bonchev–Trinajstić information content (AvgIpc) is 3.00. The van der Waals surface area contributed by atoms with E-state index in [0.29, 0.717) is 11.8 Å². The molecule has 6 unspecified atom stereocenters. The van der Waals surface area contributed by atoms with E-state index < -0.39 is 0 Å². The maximum absolute atomic E-state index is 11.2. The minimum Gasteiger partial charge on any atom is -0.389 e. The standard InChI is InChI=1S/C15H24O2/c16-15(11-3-2-6-17-9-11)8-10-7-14(15)13-5-1-4-12(10)13/h10-14,16H,1-9H2. The Kier molecular flexibility index (Phi) is 2.36. The second-order valence-electron chi connectivity index (χ2n) is 6.97. The Morgan fingerprint density at radius 3 is 2.76 bits per heavy atom. The van der Waals surface area contributed by atoms with E-state index in [0.717, 1.165) is 43.8 Å². The van der Waals surface area contributed by atoms with Crippen molar-refractivity contribution in [2.75, 3.05) is 13.2 Å². The third-order valence-electron chi connectivity index (χ3n) is 6.40. The van der Waals surface area contributed by atoms with Crippen molar-refractivity contribution in [3.8, 4) is 0 Å². The van der Waals surface area contributed by atoms with Crippen molar-refractivity contribution in [3.05, 3.63) is 0 Å². The molecule has 0 amide bonds. The minimum atomic E-state index is -0.351. The number of hydrogen-bond donors (Lipinski definition) is 1. The molecule has 2 nitrogen and oxygen atoms in total. The summed E-state index contributed by atoms with van der Waals surface area (Å²) in [6, 6.07) is 0. The molecule has 3 saturated carbocycles. The molecule has 3 aliphatic carbocycles. The van der Waals surface area contributed by atoms with Crippen molar-refractivity contribution >= 4 is 0 Å². The Morgan fingerprint density at radius 2 is 1.94 bits per heavy atom. The molecule has 0 spiro atoms. The lowest BCUT2D eigenvalue weighted by molar-refractivity contribution is -0.127. The minimum absolute atomic E-state index is 0.351. The van der Waals surface area contributed by atoms with Gasteiger partial charge in [-0.2, -0.15) is 0 Å². The van der Waals surface area contributed by atoms with Crippen LogP contribution in [-0.4, -0.2) is 23.9 Å². The zero-order chi connectivity index (χ0) is 11.5. The van der Waals surface area contributed by atoms with Gasteiger partial charge in [-0.1, -0.05) is 6.42 Å². The lowest BCUT2D eigenvalue weighted by Crippen LogP contribution is -2.50. The molecule has 1 aliphatic heterocycles. The molecule has 17 heavy (non-hydrogen) atoms. The van der Waals surface area contributed by atoms with Crippen LogP contribution >= 0.6 is 0 Å². The first-order valence-electron chi connectivity index (χ1n) is 7.59. The van der Waals surface area contributed by atoms with Crippen LogP contribution in [0.4, 0.5) is 0 Å². The second kappa shape index (κ2) is 3.71. The summed E-state index contributed by atoms with van der Waals surface area (Å²) in [5.74, 6) is 3.74. The highest BCUT2D eigenvalue weighted by molar-refractivity contribution is 5.12. The first-order valence-corrected chi connectivity index (χ1v) is 7.59. The van der Waals surface area contributed by atoms with E-state index in [1.54, 1.807) is 0 Å². The Balaban J connectivity index is 1.59. The molecule has 0 aromatic heterocycles.